The molecule has 3 aromatic rings. The van der Waals surface area contributed by atoms with Gasteiger partial charge < -0.3 is 29.4 Å². The molecule has 1 saturated heterocycles. The van der Waals surface area contributed by atoms with Crippen LogP contribution in [0.3, 0.4) is 0 Å². The first kappa shape index (κ1) is 22.7. The fraction of sp³-hybridized carbons (Fsp3) is 0.385. The summed E-state index contributed by atoms with van der Waals surface area (Å²) >= 11 is 5.76. The van der Waals surface area contributed by atoms with E-state index in [4.69, 9.17) is 26.4 Å². The molecular weight excluding hydrogens is 450 g/mol. The molecule has 8 heteroatoms. The number of aryl methyl sites for hydroxylation is 1. The quantitative estimate of drug-likeness (QED) is 0.501. The van der Waals surface area contributed by atoms with Crippen molar-refractivity contribution in [2.75, 3.05) is 26.5 Å². The number of nitrogens with zero attached hydrogens (tertiary/aromatic N) is 1. The molecule has 0 spiro atoms. The zero-order valence-corrected chi connectivity index (χ0v) is 20.1. The fourth-order valence-corrected chi connectivity index (χ4v) is 4.71. The lowest BCUT2D eigenvalue weighted by molar-refractivity contribution is 0.113. The molecule has 2 N–H and O–H groups in total. The molecular formula is C26H29N3O4S. The molecule has 0 unspecified atom stereocenters. The summed E-state index contributed by atoms with van der Waals surface area (Å²) in [6.07, 6.45) is 3.14. The van der Waals surface area contributed by atoms with Gasteiger partial charge in [0.1, 0.15) is 0 Å². The summed E-state index contributed by atoms with van der Waals surface area (Å²) in [6, 6.07) is 14.1. The lowest BCUT2D eigenvalue weighted by atomic mass is 10.1. The van der Waals surface area contributed by atoms with Crippen molar-refractivity contribution in [1.29, 1.82) is 0 Å². The highest BCUT2D eigenvalue weighted by Crippen LogP contribution is 2.35. The molecule has 0 radical (unpaired) electrons. The Morgan fingerprint density at radius 3 is 2.85 bits per heavy atom. The number of H-pyrrole nitrogens is 1. The summed E-state index contributed by atoms with van der Waals surface area (Å²) in [5, 5.41) is 4.90. The lowest BCUT2D eigenvalue weighted by Crippen LogP contribution is -2.43. The van der Waals surface area contributed by atoms with Crippen LogP contribution in [0.1, 0.15) is 29.5 Å². The van der Waals surface area contributed by atoms with Gasteiger partial charge in [0.2, 0.25) is 6.79 Å². The van der Waals surface area contributed by atoms with Gasteiger partial charge in [0.25, 0.3) is 5.56 Å². The maximum Gasteiger partial charge on any atom is 0.253 e. The van der Waals surface area contributed by atoms with Crippen LogP contribution in [0, 0.1) is 6.92 Å². The zero-order chi connectivity index (χ0) is 23.5. The van der Waals surface area contributed by atoms with Gasteiger partial charge in [-0.1, -0.05) is 29.8 Å². The molecule has 7 nitrogen and oxygen atoms in total. The van der Waals surface area contributed by atoms with Gasteiger partial charge in [-0.2, -0.15) is 0 Å². The van der Waals surface area contributed by atoms with Gasteiger partial charge in [0.15, 0.2) is 16.6 Å². The van der Waals surface area contributed by atoms with Crippen molar-refractivity contribution in [2.45, 2.75) is 38.8 Å². The molecule has 0 aliphatic carbocycles. The second-order valence-electron chi connectivity index (χ2n) is 8.90. The van der Waals surface area contributed by atoms with E-state index in [0.717, 1.165) is 36.8 Å². The number of thiocarbonyl (C=S) groups is 1. The number of hydrogen-bond acceptors (Lipinski definition) is 5. The van der Waals surface area contributed by atoms with Crippen LogP contribution in [0.4, 0.5) is 0 Å². The van der Waals surface area contributed by atoms with E-state index in [1.54, 1.807) is 0 Å². The van der Waals surface area contributed by atoms with Crippen LogP contribution in [0.15, 0.2) is 47.3 Å². The maximum absolute atomic E-state index is 12.9. The summed E-state index contributed by atoms with van der Waals surface area (Å²) in [7, 11) is 0. The summed E-state index contributed by atoms with van der Waals surface area (Å²) in [6.45, 7) is 4.87. The third-order valence-corrected chi connectivity index (χ3v) is 6.72. The third kappa shape index (κ3) is 5.18. The van der Waals surface area contributed by atoms with E-state index in [-0.39, 0.29) is 18.5 Å². The minimum atomic E-state index is -0.131. The van der Waals surface area contributed by atoms with E-state index in [2.05, 4.69) is 46.4 Å². The first-order valence-electron chi connectivity index (χ1n) is 11.7. The van der Waals surface area contributed by atoms with Crippen LogP contribution < -0.4 is 20.3 Å². The van der Waals surface area contributed by atoms with E-state index in [0.29, 0.717) is 41.8 Å². The van der Waals surface area contributed by atoms with Gasteiger partial charge in [-0.15, -0.1) is 0 Å². The highest BCUT2D eigenvalue weighted by molar-refractivity contribution is 7.80. The predicted molar refractivity (Wildman–Crippen MR) is 136 cm³/mol. The number of ether oxygens (including phenoxy) is 3. The van der Waals surface area contributed by atoms with E-state index in [1.165, 1.54) is 11.1 Å². The predicted octanol–water partition coefficient (Wildman–Crippen LogP) is 3.66. The molecule has 0 saturated carbocycles. The standard InChI is InChI=1S/C26H29N3O4S/c1-17-4-2-5-18(10-17)7-8-29(26(34)27-14-21-6-3-9-31-21)15-20-11-19-12-23-24(33-16-32-23)13-22(19)28-25(20)30/h2,4-5,10-13,21H,3,6-9,14-16H2,1H3,(H,27,34)(H,28,30)/t21-/m1/s1. The Morgan fingerprint density at radius 1 is 1.21 bits per heavy atom. The lowest BCUT2D eigenvalue weighted by Gasteiger charge is -2.27. The van der Waals surface area contributed by atoms with Gasteiger partial charge in [0, 0.05) is 36.7 Å². The molecule has 5 rings (SSSR count). The number of pyridine rings is 1. The summed E-state index contributed by atoms with van der Waals surface area (Å²) in [5.41, 5.74) is 3.72. The van der Waals surface area contributed by atoms with Crippen molar-refractivity contribution < 1.29 is 14.2 Å². The number of hydrogen-bond donors (Lipinski definition) is 2. The second kappa shape index (κ2) is 10.0. The Bertz CT molecular complexity index is 1250. The van der Waals surface area contributed by atoms with Crippen molar-refractivity contribution in [3.05, 3.63) is 69.5 Å². The van der Waals surface area contributed by atoms with Gasteiger partial charge in [-0.25, -0.2) is 0 Å². The molecule has 1 fully saturated rings. The molecule has 0 bridgehead atoms. The Morgan fingerprint density at radius 2 is 2.06 bits per heavy atom. The number of fused-ring (bicyclic) bond motifs is 2. The first-order chi connectivity index (χ1) is 16.5. The molecule has 2 aromatic carbocycles. The van der Waals surface area contributed by atoms with E-state index in [1.807, 2.05) is 18.2 Å². The Balaban J connectivity index is 1.36. The van der Waals surface area contributed by atoms with E-state index in [9.17, 15) is 4.79 Å². The molecule has 3 heterocycles. The molecule has 1 aromatic heterocycles. The molecule has 34 heavy (non-hydrogen) atoms. The van der Waals surface area contributed by atoms with E-state index < -0.39 is 0 Å². The van der Waals surface area contributed by atoms with Crippen LogP contribution >= 0.6 is 12.2 Å². The SMILES string of the molecule is Cc1cccc(CCN(Cc2cc3cc4c(cc3[nH]c2=O)OCO4)C(=S)NC[C@H]2CCCO2)c1. The number of aromatic nitrogens is 1. The Kier molecular flexibility index (Phi) is 6.69. The average molecular weight is 480 g/mol. The minimum Gasteiger partial charge on any atom is -0.454 e. The topological polar surface area (TPSA) is 75.8 Å². The molecule has 2 aliphatic heterocycles. The third-order valence-electron chi connectivity index (χ3n) is 6.32. The molecule has 0 amide bonds. The van der Waals surface area contributed by atoms with Crippen LogP contribution in [-0.2, 0) is 17.7 Å². The largest absolute Gasteiger partial charge is 0.454 e. The van der Waals surface area contributed by atoms with Crippen molar-refractivity contribution in [3.8, 4) is 11.5 Å². The minimum absolute atomic E-state index is 0.131. The van der Waals surface area contributed by atoms with Crippen LogP contribution in [0.5, 0.6) is 11.5 Å². The number of benzene rings is 2. The molecule has 178 valence electrons. The normalized spacial score (nSPS) is 16.7. The highest BCUT2D eigenvalue weighted by Gasteiger charge is 2.19. The van der Waals surface area contributed by atoms with Gasteiger partial charge in [-0.3, -0.25) is 4.79 Å². The van der Waals surface area contributed by atoms with Gasteiger partial charge >= 0.3 is 0 Å². The molecule has 1 atom stereocenters. The van der Waals surface area contributed by atoms with Crippen molar-refractivity contribution in [2.24, 2.45) is 0 Å². The number of nitrogens with one attached hydrogen (secondary N) is 2. The van der Waals surface area contributed by atoms with Crippen LogP contribution in [0.25, 0.3) is 10.9 Å². The maximum atomic E-state index is 12.9. The fourth-order valence-electron chi connectivity index (χ4n) is 4.47. The second-order valence-corrected chi connectivity index (χ2v) is 9.28. The molecule has 2 aliphatic rings. The zero-order valence-electron chi connectivity index (χ0n) is 19.3. The highest BCUT2D eigenvalue weighted by atomic mass is 32.1. The Labute approximate surface area is 204 Å². The Hall–Kier alpha value is -3.10. The monoisotopic (exact) mass is 479 g/mol. The average Bonchev–Trinajstić information content (AvgIpc) is 3.51. The van der Waals surface area contributed by atoms with Gasteiger partial charge in [-0.05, 0) is 56.1 Å². The number of aromatic amines is 1. The first-order valence-corrected chi connectivity index (χ1v) is 12.1. The van der Waals surface area contributed by atoms with Crippen molar-refractivity contribution >= 4 is 28.2 Å². The smallest absolute Gasteiger partial charge is 0.253 e. The number of rotatable bonds is 7. The van der Waals surface area contributed by atoms with Crippen molar-refractivity contribution in [1.82, 2.24) is 15.2 Å². The summed E-state index contributed by atoms with van der Waals surface area (Å²) < 4.78 is 16.7. The van der Waals surface area contributed by atoms with Crippen molar-refractivity contribution in [3.63, 3.8) is 0 Å². The van der Waals surface area contributed by atoms with Gasteiger partial charge in [0.05, 0.1) is 18.2 Å². The van der Waals surface area contributed by atoms with Crippen LogP contribution in [-0.4, -0.2) is 47.6 Å². The van der Waals surface area contributed by atoms with Crippen LogP contribution in [0.2, 0.25) is 0 Å². The summed E-state index contributed by atoms with van der Waals surface area (Å²) in [5.74, 6) is 1.34. The summed E-state index contributed by atoms with van der Waals surface area (Å²) in [4.78, 5) is 18.0. The van der Waals surface area contributed by atoms with E-state index >= 15 is 0 Å².